The monoisotopic (exact) mass is 334 g/mol. The first-order valence-corrected chi connectivity index (χ1v) is 6.33. The first kappa shape index (κ1) is 15.3. The molecule has 2 rings (SSSR count). The Morgan fingerprint density at radius 3 is 2.89 bits per heavy atom. The SMILES string of the molecule is CC1CN(C(=O)c2ccc(Br)cc2N)CCO1.Cl. The molecule has 0 saturated carbocycles. The van der Waals surface area contributed by atoms with Gasteiger partial charge in [-0.15, -0.1) is 12.4 Å². The van der Waals surface area contributed by atoms with Crippen LogP contribution >= 0.6 is 28.3 Å². The molecule has 1 fully saturated rings. The Balaban J connectivity index is 0.00000162. The molecule has 1 aliphatic rings. The normalized spacial score (nSPS) is 19.2. The van der Waals surface area contributed by atoms with Crippen molar-refractivity contribution >= 4 is 39.9 Å². The Morgan fingerprint density at radius 2 is 2.28 bits per heavy atom. The fourth-order valence-electron chi connectivity index (χ4n) is 1.90. The van der Waals surface area contributed by atoms with Crippen molar-refractivity contribution in [1.82, 2.24) is 4.90 Å². The highest BCUT2D eigenvalue weighted by atomic mass is 79.9. The average molecular weight is 336 g/mol. The number of ether oxygens (including phenoxy) is 1. The van der Waals surface area contributed by atoms with Crippen molar-refractivity contribution in [1.29, 1.82) is 0 Å². The lowest BCUT2D eigenvalue weighted by Gasteiger charge is -2.31. The van der Waals surface area contributed by atoms with Crippen molar-refractivity contribution in [3.05, 3.63) is 28.2 Å². The number of carbonyl (C=O) groups is 1. The Hall–Kier alpha value is -0.780. The number of morpholine rings is 1. The van der Waals surface area contributed by atoms with Crippen LogP contribution in [-0.4, -0.2) is 36.6 Å². The van der Waals surface area contributed by atoms with Gasteiger partial charge in [0.15, 0.2) is 0 Å². The zero-order valence-electron chi connectivity index (χ0n) is 10.1. The van der Waals surface area contributed by atoms with Crippen molar-refractivity contribution in [2.45, 2.75) is 13.0 Å². The van der Waals surface area contributed by atoms with E-state index >= 15 is 0 Å². The van der Waals surface area contributed by atoms with Crippen LogP contribution in [0.3, 0.4) is 0 Å². The number of hydrogen-bond acceptors (Lipinski definition) is 3. The minimum absolute atomic E-state index is 0. The molecule has 1 amide bonds. The highest BCUT2D eigenvalue weighted by molar-refractivity contribution is 9.10. The predicted octanol–water partition coefficient (Wildman–Crippen LogP) is 2.31. The number of nitrogen functional groups attached to an aromatic ring is 1. The molecule has 1 unspecified atom stereocenters. The summed E-state index contributed by atoms with van der Waals surface area (Å²) in [5.74, 6) is -0.0230. The molecule has 2 N–H and O–H groups in total. The molecule has 0 spiro atoms. The molecule has 100 valence electrons. The largest absolute Gasteiger partial charge is 0.398 e. The number of carbonyl (C=O) groups excluding carboxylic acids is 1. The third-order valence-corrected chi connectivity index (χ3v) is 3.27. The summed E-state index contributed by atoms with van der Waals surface area (Å²) in [7, 11) is 0. The van der Waals surface area contributed by atoms with E-state index in [1.807, 2.05) is 13.0 Å². The molecule has 1 aromatic rings. The Morgan fingerprint density at radius 1 is 1.56 bits per heavy atom. The molecule has 18 heavy (non-hydrogen) atoms. The number of halogens is 2. The summed E-state index contributed by atoms with van der Waals surface area (Å²) < 4.78 is 6.29. The third-order valence-electron chi connectivity index (χ3n) is 2.77. The number of benzene rings is 1. The van der Waals surface area contributed by atoms with Gasteiger partial charge in [0.1, 0.15) is 0 Å². The number of hydrogen-bond donors (Lipinski definition) is 1. The number of anilines is 1. The number of nitrogens with two attached hydrogens (primary N) is 1. The van der Waals surface area contributed by atoms with Gasteiger partial charge >= 0.3 is 0 Å². The van der Waals surface area contributed by atoms with Gasteiger partial charge in [-0.1, -0.05) is 15.9 Å². The summed E-state index contributed by atoms with van der Waals surface area (Å²) in [5, 5.41) is 0. The lowest BCUT2D eigenvalue weighted by atomic mass is 10.1. The van der Waals surface area contributed by atoms with Crippen LogP contribution in [0, 0.1) is 0 Å². The van der Waals surface area contributed by atoms with Gasteiger partial charge in [0, 0.05) is 23.2 Å². The van der Waals surface area contributed by atoms with Crippen LogP contribution in [0.1, 0.15) is 17.3 Å². The summed E-state index contributed by atoms with van der Waals surface area (Å²) in [6.45, 7) is 3.79. The number of rotatable bonds is 1. The summed E-state index contributed by atoms with van der Waals surface area (Å²) in [5.41, 5.74) is 6.92. The van der Waals surface area contributed by atoms with Gasteiger partial charge in [-0.2, -0.15) is 0 Å². The summed E-state index contributed by atoms with van der Waals surface area (Å²) in [6.07, 6.45) is 0.0874. The van der Waals surface area contributed by atoms with Crippen molar-refractivity contribution in [3.8, 4) is 0 Å². The first-order chi connectivity index (χ1) is 8.08. The molecule has 0 radical (unpaired) electrons. The first-order valence-electron chi connectivity index (χ1n) is 5.54. The fraction of sp³-hybridized carbons (Fsp3) is 0.417. The third kappa shape index (κ3) is 3.37. The molecular weight excluding hydrogens is 320 g/mol. The predicted molar refractivity (Wildman–Crippen MR) is 77.1 cm³/mol. The van der Waals surface area contributed by atoms with E-state index in [1.54, 1.807) is 17.0 Å². The van der Waals surface area contributed by atoms with E-state index in [0.717, 1.165) is 4.47 Å². The lowest BCUT2D eigenvalue weighted by Crippen LogP contribution is -2.44. The van der Waals surface area contributed by atoms with E-state index in [9.17, 15) is 4.79 Å². The molecule has 0 aliphatic carbocycles. The molecule has 1 aromatic carbocycles. The second kappa shape index (κ2) is 6.41. The number of amides is 1. The van der Waals surface area contributed by atoms with Crippen LogP contribution in [0.5, 0.6) is 0 Å². The second-order valence-electron chi connectivity index (χ2n) is 4.16. The van der Waals surface area contributed by atoms with Gasteiger partial charge in [-0.3, -0.25) is 4.79 Å². The van der Waals surface area contributed by atoms with Gasteiger partial charge in [0.25, 0.3) is 5.91 Å². The maximum Gasteiger partial charge on any atom is 0.256 e. The van der Waals surface area contributed by atoms with Crippen LogP contribution in [0.25, 0.3) is 0 Å². The maximum atomic E-state index is 12.3. The van der Waals surface area contributed by atoms with Gasteiger partial charge in [-0.25, -0.2) is 0 Å². The van der Waals surface area contributed by atoms with Crippen LogP contribution in [0.2, 0.25) is 0 Å². The molecule has 6 heteroatoms. The van der Waals surface area contributed by atoms with Crippen LogP contribution in [-0.2, 0) is 4.74 Å². The minimum atomic E-state index is -0.0230. The van der Waals surface area contributed by atoms with E-state index < -0.39 is 0 Å². The van der Waals surface area contributed by atoms with Crippen molar-refractivity contribution in [2.75, 3.05) is 25.4 Å². The van der Waals surface area contributed by atoms with E-state index in [2.05, 4.69) is 15.9 Å². The van der Waals surface area contributed by atoms with E-state index in [-0.39, 0.29) is 24.4 Å². The smallest absolute Gasteiger partial charge is 0.256 e. The lowest BCUT2D eigenvalue weighted by molar-refractivity contribution is -0.0123. The Kier molecular flexibility index (Phi) is 5.44. The molecule has 1 heterocycles. The summed E-state index contributed by atoms with van der Waals surface area (Å²) in [6, 6.07) is 5.33. The number of nitrogens with zero attached hydrogens (tertiary/aromatic N) is 1. The van der Waals surface area contributed by atoms with Crippen LogP contribution in [0.4, 0.5) is 5.69 Å². The van der Waals surface area contributed by atoms with Crippen molar-refractivity contribution in [2.24, 2.45) is 0 Å². The fourth-order valence-corrected chi connectivity index (χ4v) is 2.28. The quantitative estimate of drug-likeness (QED) is 0.801. The zero-order chi connectivity index (χ0) is 12.4. The van der Waals surface area contributed by atoms with E-state index in [1.165, 1.54) is 0 Å². The topological polar surface area (TPSA) is 55.6 Å². The zero-order valence-corrected chi connectivity index (χ0v) is 12.5. The molecular formula is C12H16BrClN2O2. The Labute approximate surface area is 121 Å². The van der Waals surface area contributed by atoms with Gasteiger partial charge in [0.2, 0.25) is 0 Å². The van der Waals surface area contributed by atoms with Crippen LogP contribution < -0.4 is 5.73 Å². The molecule has 0 aromatic heterocycles. The molecule has 1 aliphatic heterocycles. The molecule has 1 saturated heterocycles. The van der Waals surface area contributed by atoms with Gasteiger partial charge in [-0.05, 0) is 25.1 Å². The van der Waals surface area contributed by atoms with E-state index in [4.69, 9.17) is 10.5 Å². The average Bonchev–Trinajstić information content (AvgIpc) is 2.28. The highest BCUT2D eigenvalue weighted by Crippen LogP contribution is 2.21. The molecule has 1 atom stereocenters. The standard InChI is InChI=1S/C12H15BrN2O2.ClH/c1-8-7-15(4-5-17-8)12(16)10-3-2-9(13)6-11(10)14;/h2-3,6,8H,4-5,7,14H2,1H3;1H. The highest BCUT2D eigenvalue weighted by Gasteiger charge is 2.23. The van der Waals surface area contributed by atoms with E-state index in [0.29, 0.717) is 30.9 Å². The molecule has 0 bridgehead atoms. The maximum absolute atomic E-state index is 12.3. The van der Waals surface area contributed by atoms with Crippen molar-refractivity contribution in [3.63, 3.8) is 0 Å². The van der Waals surface area contributed by atoms with Gasteiger partial charge < -0.3 is 15.4 Å². The van der Waals surface area contributed by atoms with Crippen molar-refractivity contribution < 1.29 is 9.53 Å². The summed E-state index contributed by atoms with van der Waals surface area (Å²) >= 11 is 3.33. The second-order valence-corrected chi connectivity index (χ2v) is 5.08. The molecule has 4 nitrogen and oxygen atoms in total. The Bertz CT molecular complexity index is 442. The van der Waals surface area contributed by atoms with Gasteiger partial charge in [0.05, 0.1) is 18.3 Å². The summed E-state index contributed by atoms with van der Waals surface area (Å²) in [4.78, 5) is 14.0. The minimum Gasteiger partial charge on any atom is -0.398 e. The van der Waals surface area contributed by atoms with Crippen LogP contribution in [0.15, 0.2) is 22.7 Å².